The molecule has 33 heavy (non-hydrogen) atoms. The Labute approximate surface area is 193 Å². The Morgan fingerprint density at radius 1 is 1.00 bits per heavy atom. The van der Waals surface area contributed by atoms with Gasteiger partial charge in [-0.15, -0.1) is 0 Å². The van der Waals surface area contributed by atoms with E-state index in [2.05, 4.69) is 34.9 Å². The summed E-state index contributed by atoms with van der Waals surface area (Å²) in [6.45, 7) is 4.38. The van der Waals surface area contributed by atoms with Crippen molar-refractivity contribution in [1.29, 1.82) is 0 Å². The van der Waals surface area contributed by atoms with Crippen LogP contribution in [0.15, 0.2) is 48.5 Å². The summed E-state index contributed by atoms with van der Waals surface area (Å²) in [5.74, 6) is -1.87. The van der Waals surface area contributed by atoms with Crippen LogP contribution in [0, 0.1) is 23.7 Å². The molecule has 3 N–H and O–H groups in total. The lowest BCUT2D eigenvalue weighted by molar-refractivity contribution is -0.143. The second-order valence-corrected chi connectivity index (χ2v) is 9.24. The number of carboxylic acids is 1. The first-order valence-corrected chi connectivity index (χ1v) is 11.5. The molecule has 174 valence electrons. The highest BCUT2D eigenvalue weighted by atomic mass is 16.5. The van der Waals surface area contributed by atoms with E-state index in [1.54, 1.807) is 0 Å². The van der Waals surface area contributed by atoms with Gasteiger partial charge >= 0.3 is 12.1 Å². The lowest BCUT2D eigenvalue weighted by Gasteiger charge is -2.16. The highest BCUT2D eigenvalue weighted by Crippen LogP contribution is 2.44. The number of fused-ring (bicyclic) bond motifs is 3. The average molecular weight is 451 g/mol. The van der Waals surface area contributed by atoms with Crippen molar-refractivity contribution in [2.75, 3.05) is 19.7 Å². The summed E-state index contributed by atoms with van der Waals surface area (Å²) in [5.41, 5.74) is 4.67. The summed E-state index contributed by atoms with van der Waals surface area (Å²) in [6.07, 6.45) is 0.184. The van der Waals surface area contributed by atoms with Gasteiger partial charge in [-0.2, -0.15) is 0 Å². The zero-order chi connectivity index (χ0) is 23.5. The number of hydrogen-bond donors (Lipinski definition) is 3. The van der Waals surface area contributed by atoms with Gasteiger partial charge in [0.15, 0.2) is 0 Å². The third kappa shape index (κ3) is 5.02. The van der Waals surface area contributed by atoms with E-state index in [4.69, 9.17) is 4.74 Å². The van der Waals surface area contributed by atoms with Crippen molar-refractivity contribution in [2.45, 2.75) is 26.2 Å². The van der Waals surface area contributed by atoms with Crippen molar-refractivity contribution in [3.05, 3.63) is 59.7 Å². The Hall–Kier alpha value is -3.35. The standard InChI is InChI=1S/C26H30N2O5/c1-15(2)22(25(30)31)13-27-24(29)21-11-16(21)12-28-26(32)33-14-23-19-9-5-3-7-17(19)18-8-4-6-10-20(18)23/h3-10,15-16,21-23H,11-14H2,1-2H3,(H,27,29)(H,28,32)(H,30,31)/t16-,21-,22?/m1/s1. The minimum Gasteiger partial charge on any atom is -0.481 e. The lowest BCUT2D eigenvalue weighted by atomic mass is 9.96. The Kier molecular flexibility index (Phi) is 6.67. The number of benzene rings is 2. The maximum atomic E-state index is 12.3. The molecule has 2 aromatic carbocycles. The van der Waals surface area contributed by atoms with Gasteiger partial charge in [0, 0.05) is 24.9 Å². The summed E-state index contributed by atoms with van der Waals surface area (Å²) >= 11 is 0. The molecule has 0 aliphatic heterocycles. The summed E-state index contributed by atoms with van der Waals surface area (Å²) in [7, 11) is 0. The molecule has 2 aliphatic rings. The molecule has 4 rings (SSSR count). The van der Waals surface area contributed by atoms with Crippen LogP contribution in [0.2, 0.25) is 0 Å². The first-order valence-electron chi connectivity index (χ1n) is 11.5. The van der Waals surface area contributed by atoms with Crippen molar-refractivity contribution in [1.82, 2.24) is 10.6 Å². The second kappa shape index (κ2) is 9.65. The molecular weight excluding hydrogens is 420 g/mol. The van der Waals surface area contributed by atoms with Gasteiger partial charge in [0.2, 0.25) is 5.91 Å². The largest absolute Gasteiger partial charge is 0.481 e. The van der Waals surface area contributed by atoms with Gasteiger partial charge in [-0.25, -0.2) is 4.79 Å². The molecule has 2 aliphatic carbocycles. The molecule has 2 aromatic rings. The highest BCUT2D eigenvalue weighted by Gasteiger charge is 2.43. The third-order valence-electron chi connectivity index (χ3n) is 6.73. The van der Waals surface area contributed by atoms with Gasteiger partial charge in [-0.3, -0.25) is 9.59 Å². The van der Waals surface area contributed by atoms with E-state index in [1.165, 1.54) is 11.1 Å². The van der Waals surface area contributed by atoms with Gasteiger partial charge in [-0.1, -0.05) is 62.4 Å². The van der Waals surface area contributed by atoms with Crippen LogP contribution in [0.4, 0.5) is 4.79 Å². The maximum Gasteiger partial charge on any atom is 0.407 e. The molecule has 0 radical (unpaired) electrons. The Morgan fingerprint density at radius 2 is 1.61 bits per heavy atom. The van der Waals surface area contributed by atoms with Crippen LogP contribution in [0.5, 0.6) is 0 Å². The summed E-state index contributed by atoms with van der Waals surface area (Å²) in [4.78, 5) is 35.9. The molecule has 0 saturated heterocycles. The quantitative estimate of drug-likeness (QED) is 0.541. The minimum atomic E-state index is -0.908. The van der Waals surface area contributed by atoms with Crippen LogP contribution in [-0.4, -0.2) is 42.8 Å². The number of amides is 2. The van der Waals surface area contributed by atoms with Crippen LogP contribution < -0.4 is 10.6 Å². The van der Waals surface area contributed by atoms with E-state index in [0.717, 1.165) is 11.1 Å². The van der Waals surface area contributed by atoms with Crippen LogP contribution in [0.3, 0.4) is 0 Å². The minimum absolute atomic E-state index is 0.00531. The number of carbonyl (C=O) groups excluding carboxylic acids is 2. The predicted molar refractivity (Wildman–Crippen MR) is 124 cm³/mol. The molecule has 0 bridgehead atoms. The number of ether oxygens (including phenoxy) is 1. The lowest BCUT2D eigenvalue weighted by Crippen LogP contribution is -2.37. The number of carbonyl (C=O) groups is 3. The molecule has 0 aromatic heterocycles. The highest BCUT2D eigenvalue weighted by molar-refractivity contribution is 5.82. The first-order chi connectivity index (χ1) is 15.9. The smallest absolute Gasteiger partial charge is 0.407 e. The number of nitrogens with one attached hydrogen (secondary N) is 2. The predicted octanol–water partition coefficient (Wildman–Crippen LogP) is 3.63. The van der Waals surface area contributed by atoms with E-state index in [-0.39, 0.29) is 42.7 Å². The molecule has 3 atom stereocenters. The van der Waals surface area contributed by atoms with Gasteiger partial charge in [0.25, 0.3) is 0 Å². The number of hydrogen-bond acceptors (Lipinski definition) is 4. The van der Waals surface area contributed by atoms with Crippen molar-refractivity contribution in [3.8, 4) is 11.1 Å². The Balaban J connectivity index is 1.22. The maximum absolute atomic E-state index is 12.3. The molecule has 1 saturated carbocycles. The molecule has 1 fully saturated rings. The molecule has 1 unspecified atom stereocenters. The number of rotatable bonds is 9. The van der Waals surface area contributed by atoms with Gasteiger partial charge in [0.05, 0.1) is 5.92 Å². The SMILES string of the molecule is CC(C)C(CNC(=O)[C@@H]1C[C@@H]1CNC(=O)OCC1c2ccccc2-c2ccccc21)C(=O)O. The van der Waals surface area contributed by atoms with E-state index in [1.807, 2.05) is 38.1 Å². The molecule has 0 spiro atoms. The van der Waals surface area contributed by atoms with Crippen molar-refractivity contribution in [3.63, 3.8) is 0 Å². The average Bonchev–Trinajstić information content (AvgIpc) is 3.51. The molecule has 7 nitrogen and oxygen atoms in total. The van der Waals surface area contributed by atoms with E-state index < -0.39 is 18.0 Å². The van der Waals surface area contributed by atoms with E-state index >= 15 is 0 Å². The fourth-order valence-electron chi connectivity index (χ4n) is 4.61. The normalized spacial score (nSPS) is 19.4. The molecule has 0 heterocycles. The van der Waals surface area contributed by atoms with Gasteiger partial charge < -0.3 is 20.5 Å². The zero-order valence-electron chi connectivity index (χ0n) is 18.9. The topological polar surface area (TPSA) is 105 Å². The Morgan fingerprint density at radius 3 is 2.18 bits per heavy atom. The third-order valence-corrected chi connectivity index (χ3v) is 6.73. The molecule has 2 amide bonds. The Bertz CT molecular complexity index is 1000. The summed E-state index contributed by atoms with van der Waals surface area (Å²) in [5, 5.41) is 14.7. The molecular formula is C26H30N2O5. The van der Waals surface area contributed by atoms with Crippen LogP contribution in [-0.2, 0) is 14.3 Å². The van der Waals surface area contributed by atoms with Crippen LogP contribution in [0.25, 0.3) is 11.1 Å². The van der Waals surface area contributed by atoms with Crippen LogP contribution >= 0.6 is 0 Å². The fraction of sp³-hybridized carbons (Fsp3) is 0.423. The summed E-state index contributed by atoms with van der Waals surface area (Å²) < 4.78 is 5.53. The number of aliphatic carboxylic acids is 1. The zero-order valence-corrected chi connectivity index (χ0v) is 18.9. The van der Waals surface area contributed by atoms with E-state index in [9.17, 15) is 19.5 Å². The van der Waals surface area contributed by atoms with Gasteiger partial charge in [0.1, 0.15) is 6.61 Å². The van der Waals surface area contributed by atoms with Crippen molar-refractivity contribution in [2.24, 2.45) is 23.7 Å². The van der Waals surface area contributed by atoms with Crippen molar-refractivity contribution < 1.29 is 24.2 Å². The monoisotopic (exact) mass is 450 g/mol. The first kappa shape index (κ1) is 22.8. The van der Waals surface area contributed by atoms with Crippen LogP contribution in [0.1, 0.15) is 37.3 Å². The van der Waals surface area contributed by atoms with E-state index in [0.29, 0.717) is 13.0 Å². The van der Waals surface area contributed by atoms with Gasteiger partial charge in [-0.05, 0) is 40.5 Å². The second-order valence-electron chi connectivity index (χ2n) is 9.24. The molecule has 7 heteroatoms. The van der Waals surface area contributed by atoms with Crippen molar-refractivity contribution >= 4 is 18.0 Å². The summed E-state index contributed by atoms with van der Waals surface area (Å²) in [6, 6.07) is 16.3. The fourth-order valence-corrected chi connectivity index (χ4v) is 4.61. The number of alkyl carbamates (subject to hydrolysis) is 1. The number of carboxylic acid groups (broad SMARTS) is 1.